The number of carboxylic acids is 1. The monoisotopic (exact) mass is 263 g/mol. The molecule has 0 bridgehead atoms. The molecule has 5 heteroatoms. The molecule has 1 aromatic rings. The van der Waals surface area contributed by atoms with E-state index >= 15 is 0 Å². The number of aliphatic carboxylic acids is 1. The van der Waals surface area contributed by atoms with E-state index in [0.717, 1.165) is 0 Å². The predicted octanol–water partition coefficient (Wildman–Crippen LogP) is 2.11. The number of carboxylic acid groups (broad SMARTS) is 1. The minimum absolute atomic E-state index is 0.0208. The van der Waals surface area contributed by atoms with Crippen LogP contribution in [0.4, 0.5) is 5.69 Å². The summed E-state index contributed by atoms with van der Waals surface area (Å²) in [6.07, 6.45) is 0.463. The molecule has 0 radical (unpaired) electrons. The number of benzene rings is 1. The number of Topliss-reactive ketones (excluding diaryl/α,β-unsaturated/α-hetero) is 1. The van der Waals surface area contributed by atoms with Crippen molar-refractivity contribution in [2.24, 2.45) is 0 Å². The van der Waals surface area contributed by atoms with Gasteiger partial charge in [0.25, 0.3) is 0 Å². The molecular weight excluding hydrogens is 246 g/mol. The van der Waals surface area contributed by atoms with Crippen molar-refractivity contribution in [2.45, 2.75) is 26.2 Å². The maximum atomic E-state index is 11.9. The van der Waals surface area contributed by atoms with E-state index in [-0.39, 0.29) is 24.5 Å². The molecule has 1 aromatic carbocycles. The quantitative estimate of drug-likeness (QED) is 0.797. The largest absolute Gasteiger partial charge is 0.481 e. The van der Waals surface area contributed by atoms with Gasteiger partial charge in [-0.2, -0.15) is 0 Å². The van der Waals surface area contributed by atoms with Crippen LogP contribution < -0.4 is 4.90 Å². The van der Waals surface area contributed by atoms with Crippen molar-refractivity contribution in [1.82, 2.24) is 0 Å². The van der Waals surface area contributed by atoms with Gasteiger partial charge in [-0.1, -0.05) is 12.1 Å². The van der Waals surface area contributed by atoms with Gasteiger partial charge in [0.05, 0.1) is 0 Å². The topological polar surface area (TPSA) is 74.7 Å². The highest BCUT2D eigenvalue weighted by Crippen LogP contribution is 2.16. The average molecular weight is 263 g/mol. The van der Waals surface area contributed by atoms with Gasteiger partial charge in [-0.3, -0.25) is 14.4 Å². The fourth-order valence-electron chi connectivity index (χ4n) is 1.64. The third-order valence-corrected chi connectivity index (χ3v) is 2.80. The van der Waals surface area contributed by atoms with Crippen LogP contribution in [0.15, 0.2) is 24.3 Å². The molecule has 1 N–H and O–H groups in total. The molecule has 0 spiro atoms. The smallest absolute Gasteiger partial charge is 0.303 e. The van der Waals surface area contributed by atoms with Gasteiger partial charge in [-0.15, -0.1) is 0 Å². The second-order valence-corrected chi connectivity index (χ2v) is 4.31. The number of rotatable bonds is 6. The van der Waals surface area contributed by atoms with Gasteiger partial charge >= 0.3 is 5.97 Å². The zero-order chi connectivity index (χ0) is 14.4. The third-order valence-electron chi connectivity index (χ3n) is 2.80. The zero-order valence-electron chi connectivity index (χ0n) is 11.0. The molecule has 0 aromatic heterocycles. The average Bonchev–Trinajstić information content (AvgIpc) is 2.37. The summed E-state index contributed by atoms with van der Waals surface area (Å²) in [5.74, 6) is -1.13. The minimum atomic E-state index is -0.908. The number of nitrogens with zero attached hydrogens (tertiary/aromatic N) is 1. The zero-order valence-corrected chi connectivity index (χ0v) is 11.0. The molecule has 19 heavy (non-hydrogen) atoms. The van der Waals surface area contributed by atoms with Crippen LogP contribution in [0.3, 0.4) is 0 Å². The normalized spacial score (nSPS) is 10.0. The van der Waals surface area contributed by atoms with Crippen molar-refractivity contribution in [3.05, 3.63) is 29.8 Å². The number of amides is 1. The summed E-state index contributed by atoms with van der Waals surface area (Å²) in [5.41, 5.74) is 1.18. The van der Waals surface area contributed by atoms with Gasteiger partial charge in [0.2, 0.25) is 5.91 Å². The van der Waals surface area contributed by atoms with E-state index in [1.54, 1.807) is 31.3 Å². The molecule has 102 valence electrons. The summed E-state index contributed by atoms with van der Waals surface area (Å²) in [5, 5.41) is 8.52. The van der Waals surface area contributed by atoms with Crippen molar-refractivity contribution in [3.8, 4) is 0 Å². The number of hydrogen-bond donors (Lipinski definition) is 1. The van der Waals surface area contributed by atoms with Crippen molar-refractivity contribution >= 4 is 23.3 Å². The van der Waals surface area contributed by atoms with Crippen LogP contribution in [-0.2, 0) is 9.59 Å². The molecule has 0 atom stereocenters. The molecule has 0 heterocycles. The predicted molar refractivity (Wildman–Crippen MR) is 71.3 cm³/mol. The van der Waals surface area contributed by atoms with Crippen molar-refractivity contribution in [1.29, 1.82) is 0 Å². The lowest BCUT2D eigenvalue weighted by Crippen LogP contribution is -2.26. The van der Waals surface area contributed by atoms with E-state index in [9.17, 15) is 14.4 Å². The van der Waals surface area contributed by atoms with Crippen molar-refractivity contribution in [3.63, 3.8) is 0 Å². The lowest BCUT2D eigenvalue weighted by molar-refractivity contribution is -0.137. The summed E-state index contributed by atoms with van der Waals surface area (Å²) in [4.78, 5) is 34.9. The molecule has 0 aliphatic carbocycles. The molecule has 0 saturated carbocycles. The summed E-state index contributed by atoms with van der Waals surface area (Å²) >= 11 is 0. The van der Waals surface area contributed by atoms with E-state index in [1.165, 1.54) is 11.8 Å². The van der Waals surface area contributed by atoms with E-state index in [4.69, 9.17) is 5.11 Å². The van der Waals surface area contributed by atoms with Gasteiger partial charge in [-0.25, -0.2) is 0 Å². The SMILES string of the molecule is CC(=O)c1cccc(N(C)C(=O)CCCC(=O)O)c1. The molecule has 1 amide bonds. The molecular formula is C14H17NO4. The molecule has 1 rings (SSSR count). The van der Waals surface area contributed by atoms with E-state index < -0.39 is 5.97 Å². The first-order valence-electron chi connectivity index (χ1n) is 6.01. The lowest BCUT2D eigenvalue weighted by atomic mass is 10.1. The van der Waals surface area contributed by atoms with Gasteiger partial charge in [-0.05, 0) is 25.5 Å². The molecule has 0 saturated heterocycles. The Morgan fingerprint density at radius 3 is 2.47 bits per heavy atom. The molecule has 0 aliphatic heterocycles. The Morgan fingerprint density at radius 1 is 1.21 bits per heavy atom. The van der Waals surface area contributed by atoms with Crippen molar-refractivity contribution in [2.75, 3.05) is 11.9 Å². The number of carbonyl (C=O) groups excluding carboxylic acids is 2. The van der Waals surface area contributed by atoms with Crippen LogP contribution in [0.25, 0.3) is 0 Å². The highest BCUT2D eigenvalue weighted by molar-refractivity contribution is 5.97. The maximum absolute atomic E-state index is 11.9. The van der Waals surface area contributed by atoms with Gasteiger partial charge in [0.1, 0.15) is 0 Å². The lowest BCUT2D eigenvalue weighted by Gasteiger charge is -2.17. The van der Waals surface area contributed by atoms with Crippen LogP contribution in [0.1, 0.15) is 36.5 Å². The standard InChI is InChI=1S/C14H17NO4/c1-10(16)11-5-3-6-12(9-11)15(2)13(17)7-4-8-14(18)19/h3,5-6,9H,4,7-8H2,1-2H3,(H,18,19). The van der Waals surface area contributed by atoms with Gasteiger partial charge < -0.3 is 10.0 Å². The second kappa shape index (κ2) is 6.68. The Morgan fingerprint density at radius 2 is 1.89 bits per heavy atom. The van der Waals surface area contributed by atoms with E-state index in [2.05, 4.69) is 0 Å². The van der Waals surface area contributed by atoms with Gasteiger partial charge in [0.15, 0.2) is 5.78 Å². The Balaban J connectivity index is 2.68. The summed E-state index contributed by atoms with van der Waals surface area (Å²) in [7, 11) is 1.61. The van der Waals surface area contributed by atoms with Gasteiger partial charge in [0, 0.05) is 31.1 Å². The van der Waals surface area contributed by atoms with Crippen LogP contribution in [0.2, 0.25) is 0 Å². The van der Waals surface area contributed by atoms with E-state index in [0.29, 0.717) is 17.7 Å². The highest BCUT2D eigenvalue weighted by Gasteiger charge is 2.12. The van der Waals surface area contributed by atoms with Crippen LogP contribution in [0.5, 0.6) is 0 Å². The Kier molecular flexibility index (Phi) is 5.23. The molecule has 0 aliphatic rings. The fraction of sp³-hybridized carbons (Fsp3) is 0.357. The Labute approximate surface area is 111 Å². The number of ketones is 1. The molecule has 0 unspecified atom stereocenters. The first kappa shape index (κ1) is 14.9. The summed E-state index contributed by atoms with van der Waals surface area (Å²) in [6, 6.07) is 6.79. The molecule has 5 nitrogen and oxygen atoms in total. The second-order valence-electron chi connectivity index (χ2n) is 4.31. The van der Waals surface area contributed by atoms with E-state index in [1.807, 2.05) is 0 Å². The van der Waals surface area contributed by atoms with Crippen molar-refractivity contribution < 1.29 is 19.5 Å². The number of hydrogen-bond acceptors (Lipinski definition) is 3. The summed E-state index contributed by atoms with van der Waals surface area (Å²) in [6.45, 7) is 1.47. The fourth-order valence-corrected chi connectivity index (χ4v) is 1.64. The van der Waals surface area contributed by atoms with Crippen LogP contribution in [-0.4, -0.2) is 29.8 Å². The first-order valence-corrected chi connectivity index (χ1v) is 6.01. The minimum Gasteiger partial charge on any atom is -0.481 e. The maximum Gasteiger partial charge on any atom is 0.303 e. The third kappa shape index (κ3) is 4.54. The van der Waals surface area contributed by atoms with Crippen LogP contribution in [0, 0.1) is 0 Å². The molecule has 0 fully saturated rings. The Bertz CT molecular complexity index is 496. The number of anilines is 1. The summed E-state index contributed by atoms with van der Waals surface area (Å²) < 4.78 is 0. The Hall–Kier alpha value is -2.17. The highest BCUT2D eigenvalue weighted by atomic mass is 16.4. The number of carbonyl (C=O) groups is 3. The first-order chi connectivity index (χ1) is 8.91. The van der Waals surface area contributed by atoms with Crippen LogP contribution >= 0.6 is 0 Å².